The summed E-state index contributed by atoms with van der Waals surface area (Å²) in [5.41, 5.74) is 11.7. The SMILES string of the molecule is CC1(c2ccccc2)CC(/C(=N\NC(N)=S)c2cc3c(ccc4ccccc43)o2)C1. The number of nitrogens with two attached hydrogens (primary N) is 1. The first-order valence-corrected chi connectivity index (χ1v) is 10.5. The lowest BCUT2D eigenvalue weighted by Gasteiger charge is -2.45. The van der Waals surface area contributed by atoms with Crippen LogP contribution in [0, 0.1) is 5.92 Å². The Labute approximate surface area is 180 Å². The van der Waals surface area contributed by atoms with E-state index in [9.17, 15) is 0 Å². The van der Waals surface area contributed by atoms with Gasteiger partial charge in [0.15, 0.2) is 10.9 Å². The number of thiocarbonyl (C=S) groups is 1. The van der Waals surface area contributed by atoms with Crippen molar-refractivity contribution in [2.24, 2.45) is 16.8 Å². The molecule has 4 aromatic rings. The fourth-order valence-corrected chi connectivity index (χ4v) is 4.72. The van der Waals surface area contributed by atoms with Crippen LogP contribution in [0.5, 0.6) is 0 Å². The highest BCUT2D eigenvalue weighted by atomic mass is 32.1. The molecule has 0 bridgehead atoms. The Morgan fingerprint density at radius 3 is 2.53 bits per heavy atom. The van der Waals surface area contributed by atoms with Crippen molar-refractivity contribution in [2.45, 2.75) is 25.2 Å². The maximum Gasteiger partial charge on any atom is 0.184 e. The lowest BCUT2D eigenvalue weighted by atomic mass is 9.58. The predicted molar refractivity (Wildman–Crippen MR) is 127 cm³/mol. The van der Waals surface area contributed by atoms with E-state index in [1.54, 1.807) is 0 Å². The summed E-state index contributed by atoms with van der Waals surface area (Å²) in [5.74, 6) is 1.04. The zero-order valence-corrected chi connectivity index (χ0v) is 17.6. The number of hydrogen-bond donors (Lipinski definition) is 2. The molecular weight excluding hydrogens is 390 g/mol. The Morgan fingerprint density at radius 2 is 1.77 bits per heavy atom. The van der Waals surface area contributed by atoms with E-state index in [4.69, 9.17) is 22.4 Å². The van der Waals surface area contributed by atoms with Gasteiger partial charge in [-0.1, -0.05) is 67.6 Å². The summed E-state index contributed by atoms with van der Waals surface area (Å²) in [6.07, 6.45) is 1.99. The molecule has 3 aromatic carbocycles. The van der Waals surface area contributed by atoms with Gasteiger partial charge in [0.05, 0.1) is 0 Å². The van der Waals surface area contributed by atoms with Crippen molar-refractivity contribution in [3.05, 3.63) is 84.1 Å². The molecule has 3 N–H and O–H groups in total. The summed E-state index contributed by atoms with van der Waals surface area (Å²) in [4.78, 5) is 0. The Hall–Kier alpha value is -3.18. The van der Waals surface area contributed by atoms with Crippen LogP contribution in [0.4, 0.5) is 0 Å². The van der Waals surface area contributed by atoms with Crippen LogP contribution in [0.25, 0.3) is 21.7 Å². The van der Waals surface area contributed by atoms with Crippen LogP contribution >= 0.6 is 12.2 Å². The number of furan rings is 1. The number of hydrazone groups is 1. The number of hydrogen-bond acceptors (Lipinski definition) is 3. The van der Waals surface area contributed by atoms with Gasteiger partial charge >= 0.3 is 0 Å². The van der Waals surface area contributed by atoms with Crippen molar-refractivity contribution < 1.29 is 4.42 Å². The van der Waals surface area contributed by atoms with Crippen molar-refractivity contribution in [3.8, 4) is 0 Å². The van der Waals surface area contributed by atoms with Gasteiger partial charge in [0, 0.05) is 11.3 Å². The molecule has 0 unspecified atom stereocenters. The monoisotopic (exact) mass is 413 g/mol. The fraction of sp³-hybridized carbons (Fsp3) is 0.200. The Bertz CT molecular complexity index is 1270. The summed E-state index contributed by atoms with van der Waals surface area (Å²) < 4.78 is 6.25. The van der Waals surface area contributed by atoms with Gasteiger partial charge in [0.1, 0.15) is 11.3 Å². The van der Waals surface area contributed by atoms with Crippen molar-refractivity contribution in [1.82, 2.24) is 5.43 Å². The highest BCUT2D eigenvalue weighted by Crippen LogP contribution is 2.49. The largest absolute Gasteiger partial charge is 0.455 e. The maximum absolute atomic E-state index is 6.25. The van der Waals surface area contributed by atoms with E-state index in [0.717, 1.165) is 35.3 Å². The molecule has 0 radical (unpaired) electrons. The van der Waals surface area contributed by atoms with Gasteiger partial charge in [-0.05, 0) is 58.9 Å². The van der Waals surface area contributed by atoms with Crippen LogP contribution in [0.15, 0.2) is 82.3 Å². The predicted octanol–water partition coefficient (Wildman–Crippen LogP) is 5.49. The standard InChI is InChI=1S/C25H23N3OS/c1-25(18-8-3-2-4-9-18)14-17(15-25)23(27-28-24(26)30)22-13-20-19-10-6-5-7-16(19)11-12-21(20)29-22/h2-13,17H,14-15H2,1H3,(H3,26,28,30)/b27-23+. The molecule has 1 aromatic heterocycles. The zero-order valence-electron chi connectivity index (χ0n) is 16.8. The summed E-state index contributed by atoms with van der Waals surface area (Å²) in [5, 5.41) is 8.17. The lowest BCUT2D eigenvalue weighted by molar-refractivity contribution is 0.216. The Balaban J connectivity index is 1.52. The molecule has 4 nitrogen and oxygen atoms in total. The fourth-order valence-electron chi connectivity index (χ4n) is 4.68. The lowest BCUT2D eigenvalue weighted by Crippen LogP contribution is -2.43. The highest BCUT2D eigenvalue weighted by Gasteiger charge is 2.44. The summed E-state index contributed by atoms with van der Waals surface area (Å²) in [6.45, 7) is 2.31. The first kappa shape index (κ1) is 18.8. The molecule has 0 saturated heterocycles. The molecule has 1 fully saturated rings. The van der Waals surface area contributed by atoms with Crippen molar-refractivity contribution in [3.63, 3.8) is 0 Å². The van der Waals surface area contributed by atoms with Crippen LogP contribution in [-0.4, -0.2) is 10.8 Å². The maximum atomic E-state index is 6.25. The third kappa shape index (κ3) is 3.25. The molecule has 1 saturated carbocycles. The molecule has 30 heavy (non-hydrogen) atoms. The third-order valence-corrected chi connectivity index (χ3v) is 6.31. The Morgan fingerprint density at radius 1 is 1.03 bits per heavy atom. The molecule has 1 heterocycles. The molecule has 5 rings (SSSR count). The second-order valence-corrected chi connectivity index (χ2v) is 8.75. The van der Waals surface area contributed by atoms with Gasteiger partial charge in [0.2, 0.25) is 0 Å². The van der Waals surface area contributed by atoms with Crippen LogP contribution in [0.1, 0.15) is 31.1 Å². The second kappa shape index (κ2) is 7.26. The minimum absolute atomic E-state index is 0.134. The molecule has 150 valence electrons. The highest BCUT2D eigenvalue weighted by molar-refractivity contribution is 7.80. The van der Waals surface area contributed by atoms with E-state index in [1.165, 1.54) is 16.3 Å². The van der Waals surface area contributed by atoms with Gasteiger partial charge in [-0.15, -0.1) is 0 Å². The normalized spacial score (nSPS) is 21.5. The third-order valence-electron chi connectivity index (χ3n) is 6.22. The van der Waals surface area contributed by atoms with Crippen molar-refractivity contribution in [2.75, 3.05) is 0 Å². The van der Waals surface area contributed by atoms with Crippen LogP contribution in [0.2, 0.25) is 0 Å². The summed E-state index contributed by atoms with van der Waals surface area (Å²) in [7, 11) is 0. The molecule has 0 spiro atoms. The van der Waals surface area contributed by atoms with Crippen LogP contribution in [0.3, 0.4) is 0 Å². The molecular formula is C25H23N3OS. The smallest absolute Gasteiger partial charge is 0.184 e. The number of rotatable bonds is 4. The minimum atomic E-state index is 0.134. The van der Waals surface area contributed by atoms with E-state index < -0.39 is 0 Å². The van der Waals surface area contributed by atoms with E-state index in [2.05, 4.69) is 78.1 Å². The van der Waals surface area contributed by atoms with Gasteiger partial charge in [-0.25, -0.2) is 0 Å². The first-order valence-electron chi connectivity index (χ1n) is 10.1. The Kier molecular flexibility index (Phi) is 4.55. The second-order valence-electron chi connectivity index (χ2n) is 8.31. The molecule has 0 amide bonds. The number of benzene rings is 3. The van der Waals surface area contributed by atoms with Gasteiger partial charge < -0.3 is 10.2 Å². The van der Waals surface area contributed by atoms with Crippen molar-refractivity contribution >= 4 is 44.8 Å². The average molecular weight is 414 g/mol. The molecule has 0 aliphatic heterocycles. The van der Waals surface area contributed by atoms with Crippen molar-refractivity contribution in [1.29, 1.82) is 0 Å². The van der Waals surface area contributed by atoms with Gasteiger partial charge in [-0.2, -0.15) is 5.10 Å². The summed E-state index contributed by atoms with van der Waals surface area (Å²) in [6, 6.07) is 25.2. The minimum Gasteiger partial charge on any atom is -0.455 e. The molecule has 1 aliphatic carbocycles. The average Bonchev–Trinajstić information content (AvgIpc) is 3.17. The number of fused-ring (bicyclic) bond motifs is 3. The number of nitrogens with zero attached hydrogens (tertiary/aromatic N) is 1. The summed E-state index contributed by atoms with van der Waals surface area (Å²) >= 11 is 4.98. The van der Waals surface area contributed by atoms with E-state index >= 15 is 0 Å². The van der Waals surface area contributed by atoms with Gasteiger partial charge in [-0.3, -0.25) is 5.43 Å². The topological polar surface area (TPSA) is 63.5 Å². The zero-order chi connectivity index (χ0) is 20.7. The quantitative estimate of drug-likeness (QED) is 0.264. The van der Waals surface area contributed by atoms with E-state index in [0.29, 0.717) is 0 Å². The molecule has 5 heteroatoms. The van der Waals surface area contributed by atoms with Crippen LogP contribution in [-0.2, 0) is 5.41 Å². The van der Waals surface area contributed by atoms with Crippen LogP contribution < -0.4 is 11.2 Å². The van der Waals surface area contributed by atoms with E-state index in [1.807, 2.05) is 12.1 Å². The first-order chi connectivity index (χ1) is 14.5. The number of nitrogens with one attached hydrogen (secondary N) is 1. The molecule has 1 aliphatic rings. The van der Waals surface area contributed by atoms with E-state index in [-0.39, 0.29) is 16.4 Å². The molecule has 0 atom stereocenters. The van der Waals surface area contributed by atoms with Gasteiger partial charge in [0.25, 0.3) is 0 Å².